The van der Waals surface area contributed by atoms with Gasteiger partial charge < -0.3 is 4.52 Å². The molecule has 1 aromatic heterocycles. The molecule has 1 aromatic rings. The van der Waals surface area contributed by atoms with Crippen LogP contribution >= 0.6 is 0 Å². The second-order valence-electron chi connectivity index (χ2n) is 5.58. The van der Waals surface area contributed by atoms with Crippen molar-refractivity contribution in [2.75, 3.05) is 32.4 Å². The van der Waals surface area contributed by atoms with Crippen LogP contribution in [-0.4, -0.2) is 66.8 Å². The molecule has 0 aromatic carbocycles. The summed E-state index contributed by atoms with van der Waals surface area (Å²) in [6.07, 6.45) is 1.16. The molecule has 8 heteroatoms. The summed E-state index contributed by atoms with van der Waals surface area (Å²) >= 11 is 0. The Labute approximate surface area is 119 Å². The van der Waals surface area contributed by atoms with Gasteiger partial charge in [0, 0.05) is 38.5 Å². The molecule has 1 saturated heterocycles. The summed E-state index contributed by atoms with van der Waals surface area (Å²) in [6, 6.07) is 0.571. The molecule has 114 valence electrons. The van der Waals surface area contributed by atoms with Gasteiger partial charge in [-0.25, -0.2) is 8.42 Å². The zero-order valence-corrected chi connectivity index (χ0v) is 13.1. The molecule has 1 aliphatic rings. The van der Waals surface area contributed by atoms with E-state index in [9.17, 15) is 8.42 Å². The molecular formula is C12H22N4O3S. The van der Waals surface area contributed by atoms with E-state index < -0.39 is 9.84 Å². The molecule has 2 rings (SSSR count). The first-order valence-corrected chi connectivity index (χ1v) is 8.85. The molecular weight excluding hydrogens is 280 g/mol. The molecule has 0 atom stereocenters. The molecule has 0 aliphatic carbocycles. The van der Waals surface area contributed by atoms with Crippen molar-refractivity contribution in [2.45, 2.75) is 32.2 Å². The first-order chi connectivity index (χ1) is 9.33. The molecule has 7 nitrogen and oxygen atoms in total. The van der Waals surface area contributed by atoms with Crippen molar-refractivity contribution in [3.63, 3.8) is 0 Å². The molecule has 0 saturated carbocycles. The van der Waals surface area contributed by atoms with Gasteiger partial charge in [0.05, 0.1) is 6.54 Å². The van der Waals surface area contributed by atoms with Crippen LogP contribution in [0.4, 0.5) is 0 Å². The fourth-order valence-electron chi connectivity index (χ4n) is 2.28. The number of aromatic nitrogens is 2. The van der Waals surface area contributed by atoms with Crippen molar-refractivity contribution < 1.29 is 12.9 Å². The topological polar surface area (TPSA) is 79.5 Å². The van der Waals surface area contributed by atoms with Crippen LogP contribution in [0.25, 0.3) is 0 Å². The zero-order valence-electron chi connectivity index (χ0n) is 12.2. The van der Waals surface area contributed by atoms with Gasteiger partial charge in [-0.15, -0.1) is 0 Å². The van der Waals surface area contributed by atoms with Crippen molar-refractivity contribution >= 4 is 9.84 Å². The Kier molecular flexibility index (Phi) is 4.77. The highest BCUT2D eigenvalue weighted by molar-refractivity contribution is 7.89. The molecule has 1 fully saturated rings. The Bertz CT molecular complexity index is 533. The average Bonchev–Trinajstić information content (AvgIpc) is 2.74. The van der Waals surface area contributed by atoms with Gasteiger partial charge in [0.1, 0.15) is 5.75 Å². The first-order valence-electron chi connectivity index (χ1n) is 6.79. The average molecular weight is 302 g/mol. The minimum Gasteiger partial charge on any atom is -0.338 e. The minimum absolute atomic E-state index is 0.169. The van der Waals surface area contributed by atoms with Crippen LogP contribution < -0.4 is 0 Å². The van der Waals surface area contributed by atoms with Gasteiger partial charge >= 0.3 is 0 Å². The van der Waals surface area contributed by atoms with Gasteiger partial charge in [0.15, 0.2) is 15.7 Å². The number of sulfone groups is 1. The van der Waals surface area contributed by atoms with E-state index in [1.54, 1.807) is 0 Å². The molecule has 0 amide bonds. The maximum atomic E-state index is 11.2. The van der Waals surface area contributed by atoms with E-state index in [1.165, 1.54) is 0 Å². The lowest BCUT2D eigenvalue weighted by Crippen LogP contribution is -2.48. The molecule has 1 aliphatic heterocycles. The fraction of sp³-hybridized carbons (Fsp3) is 0.833. The van der Waals surface area contributed by atoms with Gasteiger partial charge in [-0.3, -0.25) is 9.80 Å². The fourth-order valence-corrected chi connectivity index (χ4v) is 2.86. The summed E-state index contributed by atoms with van der Waals surface area (Å²) in [5.74, 6) is 0.558. The Morgan fingerprint density at radius 2 is 1.90 bits per heavy atom. The molecule has 0 bridgehead atoms. The molecule has 0 N–H and O–H groups in total. The Balaban J connectivity index is 1.86. The predicted molar refractivity (Wildman–Crippen MR) is 74.8 cm³/mol. The maximum absolute atomic E-state index is 11.2. The molecule has 0 radical (unpaired) electrons. The third-order valence-electron chi connectivity index (χ3n) is 3.40. The Morgan fingerprint density at radius 3 is 2.45 bits per heavy atom. The predicted octanol–water partition coefficient (Wildman–Crippen LogP) is 0.140. The van der Waals surface area contributed by atoms with Crippen LogP contribution in [0, 0.1) is 0 Å². The smallest absolute Gasteiger partial charge is 0.240 e. The third kappa shape index (κ3) is 4.53. The van der Waals surface area contributed by atoms with E-state index in [0.717, 1.165) is 32.4 Å². The first kappa shape index (κ1) is 15.4. The number of hydrogen-bond donors (Lipinski definition) is 0. The van der Waals surface area contributed by atoms with E-state index >= 15 is 0 Å². The maximum Gasteiger partial charge on any atom is 0.240 e. The Hall–Kier alpha value is -0.990. The number of rotatable bonds is 5. The van der Waals surface area contributed by atoms with E-state index in [0.29, 0.717) is 18.5 Å². The van der Waals surface area contributed by atoms with Crippen LogP contribution in [-0.2, 0) is 22.1 Å². The van der Waals surface area contributed by atoms with E-state index in [2.05, 4.69) is 33.8 Å². The lowest BCUT2D eigenvalue weighted by Gasteiger charge is -2.36. The molecule has 20 heavy (non-hydrogen) atoms. The van der Waals surface area contributed by atoms with Gasteiger partial charge in [-0.05, 0) is 13.8 Å². The van der Waals surface area contributed by atoms with Gasteiger partial charge in [-0.2, -0.15) is 4.98 Å². The van der Waals surface area contributed by atoms with Crippen molar-refractivity contribution in [1.29, 1.82) is 0 Å². The van der Waals surface area contributed by atoms with Crippen molar-refractivity contribution in [3.05, 3.63) is 11.7 Å². The lowest BCUT2D eigenvalue weighted by molar-refractivity contribution is 0.0960. The summed E-state index contributed by atoms with van der Waals surface area (Å²) in [4.78, 5) is 8.81. The third-order valence-corrected chi connectivity index (χ3v) is 4.18. The standard InChI is InChI=1S/C12H22N4O3S/c1-10(2)16-6-4-15(5-7-16)8-12-13-11(14-19-12)9-20(3,17)18/h10H,4-9H2,1-3H3. The normalized spacial score (nSPS) is 18.8. The van der Waals surface area contributed by atoms with Crippen LogP contribution in [0.3, 0.4) is 0 Å². The van der Waals surface area contributed by atoms with Gasteiger partial charge in [0.25, 0.3) is 0 Å². The monoisotopic (exact) mass is 302 g/mol. The highest BCUT2D eigenvalue weighted by Gasteiger charge is 2.21. The molecule has 0 spiro atoms. The van der Waals surface area contributed by atoms with Crippen LogP contribution in [0.1, 0.15) is 25.6 Å². The van der Waals surface area contributed by atoms with Crippen molar-refractivity contribution in [2.24, 2.45) is 0 Å². The van der Waals surface area contributed by atoms with Crippen molar-refractivity contribution in [3.8, 4) is 0 Å². The Morgan fingerprint density at radius 1 is 1.25 bits per heavy atom. The lowest BCUT2D eigenvalue weighted by atomic mass is 10.2. The summed E-state index contributed by atoms with van der Waals surface area (Å²) in [5.41, 5.74) is 0. The largest absolute Gasteiger partial charge is 0.338 e. The number of hydrogen-bond acceptors (Lipinski definition) is 7. The highest BCUT2D eigenvalue weighted by atomic mass is 32.2. The van der Waals surface area contributed by atoms with Crippen LogP contribution in [0.15, 0.2) is 4.52 Å². The zero-order chi connectivity index (χ0) is 14.8. The number of piperazine rings is 1. The summed E-state index contributed by atoms with van der Waals surface area (Å²) in [5, 5.41) is 3.71. The quantitative estimate of drug-likeness (QED) is 0.765. The minimum atomic E-state index is -3.12. The number of nitrogens with zero attached hydrogens (tertiary/aromatic N) is 4. The summed E-state index contributed by atoms with van der Waals surface area (Å²) in [6.45, 7) is 8.97. The van der Waals surface area contributed by atoms with Gasteiger partial charge in [-0.1, -0.05) is 5.16 Å². The van der Waals surface area contributed by atoms with Gasteiger partial charge in [0.2, 0.25) is 5.89 Å². The van der Waals surface area contributed by atoms with E-state index in [1.807, 2.05) is 0 Å². The molecule has 0 unspecified atom stereocenters. The second-order valence-corrected chi connectivity index (χ2v) is 7.72. The van der Waals surface area contributed by atoms with E-state index in [4.69, 9.17) is 4.52 Å². The van der Waals surface area contributed by atoms with Crippen molar-refractivity contribution in [1.82, 2.24) is 19.9 Å². The highest BCUT2D eigenvalue weighted by Crippen LogP contribution is 2.10. The molecule has 2 heterocycles. The summed E-state index contributed by atoms with van der Waals surface area (Å²) in [7, 11) is -3.12. The second kappa shape index (κ2) is 6.19. The van der Waals surface area contributed by atoms with E-state index in [-0.39, 0.29) is 11.6 Å². The van der Waals surface area contributed by atoms with Crippen LogP contribution in [0.5, 0.6) is 0 Å². The van der Waals surface area contributed by atoms with Crippen LogP contribution in [0.2, 0.25) is 0 Å². The SMILES string of the molecule is CC(C)N1CCN(Cc2nc(CS(C)(=O)=O)no2)CC1. The summed E-state index contributed by atoms with van der Waals surface area (Å²) < 4.78 is 27.4.